The molecule has 98 valence electrons. The summed E-state index contributed by atoms with van der Waals surface area (Å²) >= 11 is 0. The monoisotopic (exact) mass is 248 g/mol. The Balaban J connectivity index is 1.82. The molecule has 1 heterocycles. The van der Waals surface area contributed by atoms with Crippen LogP contribution in [0.1, 0.15) is 68.9 Å². The van der Waals surface area contributed by atoms with Crippen molar-refractivity contribution in [2.75, 3.05) is 0 Å². The molecule has 4 heteroatoms. The first kappa shape index (κ1) is 11.8. The summed E-state index contributed by atoms with van der Waals surface area (Å²) in [6.07, 6.45) is 10.6. The molecule has 1 aromatic heterocycles. The fourth-order valence-corrected chi connectivity index (χ4v) is 3.18. The summed E-state index contributed by atoms with van der Waals surface area (Å²) in [5.74, 6) is 1.72. The fraction of sp³-hybridized carbons (Fsp3) is 0.714. The van der Waals surface area contributed by atoms with E-state index in [1.165, 1.54) is 32.1 Å². The third kappa shape index (κ3) is 1.74. The van der Waals surface area contributed by atoms with Gasteiger partial charge in [0.1, 0.15) is 11.2 Å². The van der Waals surface area contributed by atoms with Gasteiger partial charge in [-0.05, 0) is 25.7 Å². The molecule has 0 radical (unpaired) electrons. The van der Waals surface area contributed by atoms with Crippen molar-refractivity contribution in [3.05, 3.63) is 17.8 Å². The second kappa shape index (κ2) is 4.41. The Labute approximate surface area is 107 Å². The van der Waals surface area contributed by atoms with Crippen LogP contribution in [0.15, 0.2) is 10.6 Å². The van der Waals surface area contributed by atoms with Crippen molar-refractivity contribution in [3.63, 3.8) is 0 Å². The molecular weight excluding hydrogens is 228 g/mol. The van der Waals surface area contributed by atoms with Gasteiger partial charge in [-0.25, -0.2) is 4.98 Å². The van der Waals surface area contributed by atoms with E-state index >= 15 is 0 Å². The molecule has 0 spiro atoms. The van der Waals surface area contributed by atoms with E-state index in [1.54, 1.807) is 0 Å². The van der Waals surface area contributed by atoms with Crippen molar-refractivity contribution in [1.82, 2.24) is 4.98 Å². The zero-order valence-electron chi connectivity index (χ0n) is 10.7. The molecule has 0 aliphatic heterocycles. The van der Waals surface area contributed by atoms with Crippen molar-refractivity contribution >= 4 is 5.91 Å². The Hall–Kier alpha value is -1.32. The Morgan fingerprint density at radius 2 is 2.00 bits per heavy atom. The standard InChI is InChI=1S/C14H20N2O2/c15-12(17)14(7-4-8-14)13-16-9-11(18-13)10-5-2-1-3-6-10/h9-10H,1-8H2,(H2,15,17). The van der Waals surface area contributed by atoms with Crippen molar-refractivity contribution in [2.45, 2.75) is 62.7 Å². The first-order valence-corrected chi connectivity index (χ1v) is 6.98. The summed E-state index contributed by atoms with van der Waals surface area (Å²) in [6.45, 7) is 0. The van der Waals surface area contributed by atoms with Gasteiger partial charge in [-0.3, -0.25) is 4.79 Å². The number of rotatable bonds is 3. The number of amides is 1. The average molecular weight is 248 g/mol. The summed E-state index contributed by atoms with van der Waals surface area (Å²) in [7, 11) is 0. The van der Waals surface area contributed by atoms with Crippen LogP contribution in [0.25, 0.3) is 0 Å². The van der Waals surface area contributed by atoms with Crippen LogP contribution in [-0.2, 0) is 10.2 Å². The van der Waals surface area contributed by atoms with Crippen LogP contribution in [0.2, 0.25) is 0 Å². The van der Waals surface area contributed by atoms with Gasteiger partial charge in [-0.2, -0.15) is 0 Å². The molecule has 2 fully saturated rings. The van der Waals surface area contributed by atoms with E-state index in [9.17, 15) is 4.79 Å². The number of hydrogen-bond acceptors (Lipinski definition) is 3. The number of hydrogen-bond donors (Lipinski definition) is 1. The number of aromatic nitrogens is 1. The van der Waals surface area contributed by atoms with Gasteiger partial charge in [0.2, 0.25) is 11.8 Å². The molecule has 1 amide bonds. The number of carbonyl (C=O) groups excluding carboxylic acids is 1. The molecule has 2 aliphatic carbocycles. The molecule has 1 aromatic rings. The smallest absolute Gasteiger partial charge is 0.233 e. The van der Waals surface area contributed by atoms with Gasteiger partial charge in [0.15, 0.2) is 0 Å². The van der Waals surface area contributed by atoms with Gasteiger partial charge in [-0.1, -0.05) is 25.7 Å². The number of nitrogens with two attached hydrogens (primary N) is 1. The van der Waals surface area contributed by atoms with Gasteiger partial charge in [0.05, 0.1) is 6.20 Å². The fourth-order valence-electron chi connectivity index (χ4n) is 3.18. The maximum absolute atomic E-state index is 11.6. The molecule has 4 nitrogen and oxygen atoms in total. The zero-order chi connectivity index (χ0) is 12.6. The highest BCUT2D eigenvalue weighted by Crippen LogP contribution is 2.44. The van der Waals surface area contributed by atoms with Crippen LogP contribution in [0, 0.1) is 0 Å². The minimum atomic E-state index is -0.604. The highest BCUT2D eigenvalue weighted by atomic mass is 16.4. The van der Waals surface area contributed by atoms with Crippen molar-refractivity contribution in [2.24, 2.45) is 5.73 Å². The second-order valence-corrected chi connectivity index (χ2v) is 5.70. The Bertz CT molecular complexity index is 442. The minimum absolute atomic E-state index is 0.286. The van der Waals surface area contributed by atoms with E-state index < -0.39 is 5.41 Å². The molecular formula is C14H20N2O2. The predicted molar refractivity (Wildman–Crippen MR) is 67.1 cm³/mol. The molecule has 3 rings (SSSR count). The Morgan fingerprint density at radius 3 is 2.56 bits per heavy atom. The molecule has 0 bridgehead atoms. The Kier molecular flexibility index (Phi) is 2.88. The topological polar surface area (TPSA) is 69.1 Å². The van der Waals surface area contributed by atoms with Crippen molar-refractivity contribution in [1.29, 1.82) is 0 Å². The lowest BCUT2D eigenvalue weighted by Gasteiger charge is -2.35. The first-order valence-electron chi connectivity index (χ1n) is 6.98. The highest BCUT2D eigenvalue weighted by molar-refractivity contribution is 5.86. The molecule has 0 saturated heterocycles. The Morgan fingerprint density at radius 1 is 1.28 bits per heavy atom. The van der Waals surface area contributed by atoms with E-state index in [2.05, 4.69) is 4.98 Å². The second-order valence-electron chi connectivity index (χ2n) is 5.70. The maximum atomic E-state index is 11.6. The van der Waals surface area contributed by atoms with Gasteiger partial charge >= 0.3 is 0 Å². The molecule has 2 aliphatic rings. The molecule has 0 aromatic carbocycles. The van der Waals surface area contributed by atoms with Crippen LogP contribution in [0.3, 0.4) is 0 Å². The van der Waals surface area contributed by atoms with E-state index in [0.717, 1.165) is 25.0 Å². The van der Waals surface area contributed by atoms with Crippen LogP contribution in [0.4, 0.5) is 0 Å². The van der Waals surface area contributed by atoms with Gasteiger partial charge in [0, 0.05) is 5.92 Å². The summed E-state index contributed by atoms with van der Waals surface area (Å²) in [4.78, 5) is 16.0. The van der Waals surface area contributed by atoms with E-state index in [1.807, 2.05) is 6.20 Å². The minimum Gasteiger partial charge on any atom is -0.444 e. The number of nitrogens with zero attached hydrogens (tertiary/aromatic N) is 1. The normalized spacial score (nSPS) is 23.6. The molecule has 0 atom stereocenters. The van der Waals surface area contributed by atoms with Gasteiger partial charge in [0.25, 0.3) is 0 Å². The first-order chi connectivity index (χ1) is 8.72. The summed E-state index contributed by atoms with van der Waals surface area (Å²) in [5, 5.41) is 0. The van der Waals surface area contributed by atoms with E-state index in [4.69, 9.17) is 10.2 Å². The third-order valence-electron chi connectivity index (χ3n) is 4.62. The van der Waals surface area contributed by atoms with Crippen LogP contribution in [0.5, 0.6) is 0 Å². The highest BCUT2D eigenvalue weighted by Gasteiger charge is 2.48. The number of primary amides is 1. The van der Waals surface area contributed by atoms with Crippen molar-refractivity contribution in [3.8, 4) is 0 Å². The van der Waals surface area contributed by atoms with Crippen LogP contribution in [-0.4, -0.2) is 10.9 Å². The lowest BCUT2D eigenvalue weighted by molar-refractivity contribution is -0.127. The summed E-state index contributed by atoms with van der Waals surface area (Å²) in [5.41, 5.74) is 4.91. The van der Waals surface area contributed by atoms with Gasteiger partial charge in [-0.15, -0.1) is 0 Å². The van der Waals surface area contributed by atoms with E-state index in [-0.39, 0.29) is 5.91 Å². The molecule has 18 heavy (non-hydrogen) atoms. The third-order valence-corrected chi connectivity index (χ3v) is 4.62. The van der Waals surface area contributed by atoms with E-state index in [0.29, 0.717) is 11.8 Å². The van der Waals surface area contributed by atoms with Crippen LogP contribution >= 0.6 is 0 Å². The quantitative estimate of drug-likeness (QED) is 0.894. The molecule has 2 saturated carbocycles. The lowest BCUT2D eigenvalue weighted by Crippen LogP contribution is -2.47. The summed E-state index contributed by atoms with van der Waals surface area (Å²) in [6, 6.07) is 0. The van der Waals surface area contributed by atoms with Gasteiger partial charge < -0.3 is 10.2 Å². The van der Waals surface area contributed by atoms with Crippen LogP contribution < -0.4 is 5.73 Å². The lowest BCUT2D eigenvalue weighted by atomic mass is 9.68. The summed E-state index contributed by atoms with van der Waals surface area (Å²) < 4.78 is 5.88. The SMILES string of the molecule is NC(=O)C1(c2ncc(C3CCCCC3)o2)CCC1. The van der Waals surface area contributed by atoms with Crippen molar-refractivity contribution < 1.29 is 9.21 Å². The maximum Gasteiger partial charge on any atom is 0.233 e. The molecule has 2 N–H and O–H groups in total. The predicted octanol–water partition coefficient (Wildman–Crippen LogP) is 2.63. The largest absolute Gasteiger partial charge is 0.444 e. The number of oxazole rings is 1. The number of carbonyl (C=O) groups is 1. The molecule has 0 unspecified atom stereocenters. The zero-order valence-corrected chi connectivity index (χ0v) is 10.7. The average Bonchev–Trinajstić information content (AvgIpc) is 2.78.